The monoisotopic (exact) mass is 449 g/mol. The highest BCUT2D eigenvalue weighted by Gasteiger charge is 2.60. The van der Waals surface area contributed by atoms with Crippen LogP contribution in [0.4, 0.5) is 0 Å². The van der Waals surface area contributed by atoms with Crippen molar-refractivity contribution in [1.82, 2.24) is 5.32 Å². The number of ether oxygens (including phenoxy) is 2. The Morgan fingerprint density at radius 3 is 2.46 bits per heavy atom. The molecular formula is C21H24BrNO5. The number of amides is 2. The fraction of sp³-hybridized carbons (Fsp3) is 0.571. The van der Waals surface area contributed by atoms with Gasteiger partial charge in [0.15, 0.2) is 6.61 Å². The van der Waals surface area contributed by atoms with Crippen LogP contribution in [0.5, 0.6) is 5.75 Å². The third-order valence-corrected chi connectivity index (χ3v) is 7.29. The van der Waals surface area contributed by atoms with Crippen molar-refractivity contribution >= 4 is 33.7 Å². The summed E-state index contributed by atoms with van der Waals surface area (Å²) in [5.74, 6) is -0.0372. The van der Waals surface area contributed by atoms with E-state index in [-0.39, 0.29) is 15.9 Å². The minimum Gasteiger partial charge on any atom is -0.496 e. The average molecular weight is 450 g/mol. The van der Waals surface area contributed by atoms with Gasteiger partial charge in [-0.1, -0.05) is 28.1 Å². The Hall–Kier alpha value is -1.89. The van der Waals surface area contributed by atoms with Crippen molar-refractivity contribution in [2.45, 2.75) is 42.8 Å². The highest BCUT2D eigenvalue weighted by molar-refractivity contribution is 9.10. The second-order valence-corrected chi connectivity index (χ2v) is 10.2. The van der Waals surface area contributed by atoms with Crippen molar-refractivity contribution in [1.29, 1.82) is 0 Å². The van der Waals surface area contributed by atoms with Gasteiger partial charge in [-0.2, -0.15) is 0 Å². The first kappa shape index (κ1) is 19.4. The molecule has 5 rings (SSSR count). The van der Waals surface area contributed by atoms with E-state index in [4.69, 9.17) is 9.47 Å². The Labute approximate surface area is 172 Å². The quantitative estimate of drug-likeness (QED) is 0.551. The molecule has 7 heteroatoms. The smallest absolute Gasteiger partial charge is 0.312 e. The maximum atomic E-state index is 12.9. The summed E-state index contributed by atoms with van der Waals surface area (Å²) in [5, 5.41) is 2.26. The fourth-order valence-electron chi connectivity index (χ4n) is 5.74. The average Bonchev–Trinajstić information content (AvgIpc) is 2.64. The van der Waals surface area contributed by atoms with Crippen molar-refractivity contribution in [3.05, 3.63) is 29.8 Å². The van der Waals surface area contributed by atoms with Gasteiger partial charge in [-0.3, -0.25) is 19.7 Å². The molecule has 0 saturated heterocycles. The van der Waals surface area contributed by atoms with E-state index in [0.717, 1.165) is 32.1 Å². The largest absolute Gasteiger partial charge is 0.496 e. The number of esters is 1. The Morgan fingerprint density at radius 2 is 1.82 bits per heavy atom. The van der Waals surface area contributed by atoms with Crippen LogP contribution in [0.15, 0.2) is 24.3 Å². The molecule has 4 aliphatic carbocycles. The minimum absolute atomic E-state index is 0.0399. The zero-order chi connectivity index (χ0) is 19.9. The van der Waals surface area contributed by atoms with E-state index in [1.165, 1.54) is 13.5 Å². The van der Waals surface area contributed by atoms with Gasteiger partial charge < -0.3 is 9.47 Å². The molecule has 6 nitrogen and oxygen atoms in total. The molecule has 4 saturated carbocycles. The van der Waals surface area contributed by atoms with E-state index in [1.807, 2.05) is 0 Å². The van der Waals surface area contributed by atoms with Crippen molar-refractivity contribution in [3.8, 4) is 5.75 Å². The van der Waals surface area contributed by atoms with E-state index in [0.29, 0.717) is 17.6 Å². The molecule has 28 heavy (non-hydrogen) atoms. The van der Waals surface area contributed by atoms with Gasteiger partial charge in [-0.05, 0) is 62.5 Å². The van der Waals surface area contributed by atoms with E-state index in [1.54, 1.807) is 24.3 Å². The summed E-state index contributed by atoms with van der Waals surface area (Å²) >= 11 is 3.87. The summed E-state index contributed by atoms with van der Waals surface area (Å²) in [6.45, 7) is -0.452. The highest BCUT2D eigenvalue weighted by atomic mass is 79.9. The number of alkyl halides is 1. The van der Waals surface area contributed by atoms with Gasteiger partial charge >= 0.3 is 5.97 Å². The zero-order valence-corrected chi connectivity index (χ0v) is 17.4. The number of carbonyl (C=O) groups is 3. The van der Waals surface area contributed by atoms with Gasteiger partial charge in [-0.25, -0.2) is 0 Å². The van der Waals surface area contributed by atoms with E-state index in [2.05, 4.69) is 21.2 Å². The molecule has 1 aromatic carbocycles. The standard InChI is InChI=1S/C21H24BrNO5/c1-27-16-5-3-2-4-15(16)18(25)23-17(24)11-28-19(26)20-7-13-6-14(8-20)10-21(22,9-13)12-20/h2-5,13-14H,6-12H2,1H3,(H,23,24,25). The molecule has 0 spiro atoms. The predicted molar refractivity (Wildman–Crippen MR) is 105 cm³/mol. The minimum atomic E-state index is -0.637. The van der Waals surface area contributed by atoms with Gasteiger partial charge in [0, 0.05) is 4.32 Å². The lowest BCUT2D eigenvalue weighted by Crippen LogP contribution is -2.56. The predicted octanol–water partition coefficient (Wildman–Crippen LogP) is 3.23. The van der Waals surface area contributed by atoms with Gasteiger partial charge in [0.1, 0.15) is 5.75 Å². The molecule has 2 unspecified atom stereocenters. The van der Waals surface area contributed by atoms with Crippen LogP contribution in [-0.2, 0) is 14.3 Å². The maximum Gasteiger partial charge on any atom is 0.312 e. The second-order valence-electron chi connectivity index (χ2n) is 8.55. The number of para-hydroxylation sites is 1. The lowest BCUT2D eigenvalue weighted by atomic mass is 9.49. The topological polar surface area (TPSA) is 81.7 Å². The van der Waals surface area contributed by atoms with Crippen molar-refractivity contribution in [3.63, 3.8) is 0 Å². The van der Waals surface area contributed by atoms with Gasteiger partial charge in [0.05, 0.1) is 18.1 Å². The summed E-state index contributed by atoms with van der Waals surface area (Å²) in [4.78, 5) is 37.3. The Kier molecular flexibility index (Phi) is 4.98. The van der Waals surface area contributed by atoms with Gasteiger partial charge in [0.25, 0.3) is 11.8 Å². The number of hydrogen-bond donors (Lipinski definition) is 1. The Bertz CT molecular complexity index is 809. The normalized spacial score (nSPS) is 32.6. The van der Waals surface area contributed by atoms with E-state index in [9.17, 15) is 14.4 Å². The molecule has 0 radical (unpaired) electrons. The lowest BCUT2D eigenvalue weighted by molar-refractivity contribution is -0.171. The molecule has 1 N–H and O–H groups in total. The van der Waals surface area contributed by atoms with E-state index < -0.39 is 23.8 Å². The third kappa shape index (κ3) is 3.56. The zero-order valence-electron chi connectivity index (χ0n) is 15.8. The summed E-state index contributed by atoms with van der Waals surface area (Å²) in [7, 11) is 1.46. The molecule has 4 fully saturated rings. The number of methoxy groups -OCH3 is 1. The first-order chi connectivity index (χ1) is 13.3. The number of rotatable bonds is 5. The van der Waals surface area contributed by atoms with Crippen molar-refractivity contribution < 1.29 is 23.9 Å². The Morgan fingerprint density at radius 1 is 1.14 bits per heavy atom. The van der Waals surface area contributed by atoms with Crippen LogP contribution in [0, 0.1) is 17.3 Å². The number of hydrogen-bond acceptors (Lipinski definition) is 5. The molecule has 2 amide bonds. The summed E-state index contributed by atoms with van der Waals surface area (Å²) in [6, 6.07) is 6.63. The summed E-state index contributed by atoms with van der Waals surface area (Å²) in [6.07, 6.45) is 5.89. The van der Waals surface area contributed by atoms with Crippen LogP contribution in [0.2, 0.25) is 0 Å². The molecular weight excluding hydrogens is 426 g/mol. The molecule has 2 atom stereocenters. The van der Waals surface area contributed by atoms with Crippen LogP contribution < -0.4 is 10.1 Å². The number of halogens is 1. The van der Waals surface area contributed by atoms with E-state index >= 15 is 0 Å². The summed E-state index contributed by atoms with van der Waals surface area (Å²) < 4.78 is 10.5. The van der Waals surface area contributed by atoms with Crippen molar-refractivity contribution in [2.75, 3.05) is 13.7 Å². The second kappa shape index (κ2) is 7.17. The molecule has 0 heterocycles. The van der Waals surface area contributed by atoms with Gasteiger partial charge in [-0.15, -0.1) is 0 Å². The highest BCUT2D eigenvalue weighted by Crippen LogP contribution is 2.64. The summed E-state index contributed by atoms with van der Waals surface area (Å²) in [5.41, 5.74) is -0.229. The molecule has 0 aromatic heterocycles. The van der Waals surface area contributed by atoms with Crippen LogP contribution in [-0.4, -0.2) is 35.8 Å². The van der Waals surface area contributed by atoms with Crippen LogP contribution >= 0.6 is 15.9 Å². The van der Waals surface area contributed by atoms with Crippen LogP contribution in [0.3, 0.4) is 0 Å². The molecule has 4 bridgehead atoms. The number of carbonyl (C=O) groups excluding carboxylic acids is 3. The SMILES string of the molecule is COc1ccccc1C(=O)NC(=O)COC(=O)C12CC3CC(CC(Br)(C3)C1)C2. The maximum absolute atomic E-state index is 12.9. The fourth-order valence-corrected chi connectivity index (χ4v) is 7.19. The van der Waals surface area contributed by atoms with Crippen molar-refractivity contribution in [2.24, 2.45) is 17.3 Å². The number of benzene rings is 1. The molecule has 4 aliphatic rings. The van der Waals surface area contributed by atoms with Crippen LogP contribution in [0.1, 0.15) is 48.9 Å². The Balaban J connectivity index is 1.35. The molecule has 150 valence electrons. The first-order valence-electron chi connectivity index (χ1n) is 9.66. The number of imide groups is 1. The third-order valence-electron chi connectivity index (χ3n) is 6.36. The first-order valence-corrected chi connectivity index (χ1v) is 10.5. The number of nitrogens with one attached hydrogen (secondary N) is 1. The lowest BCUT2D eigenvalue weighted by Gasteiger charge is -2.58. The molecule has 0 aliphatic heterocycles. The van der Waals surface area contributed by atoms with Gasteiger partial charge in [0.2, 0.25) is 0 Å². The molecule has 1 aromatic rings. The van der Waals surface area contributed by atoms with Crippen LogP contribution in [0.25, 0.3) is 0 Å².